The van der Waals surface area contributed by atoms with Gasteiger partial charge in [0.25, 0.3) is 0 Å². The molecule has 0 aliphatic carbocycles. The number of nitrogens with zero attached hydrogens (tertiary/aromatic N) is 3. The highest BCUT2D eigenvalue weighted by atomic mass is 15.0. The monoisotopic (exact) mass is 201 g/mol. The third-order valence-corrected chi connectivity index (χ3v) is 1.98. The lowest BCUT2D eigenvalue weighted by atomic mass is 10.2. The molecule has 2 aromatic rings. The number of rotatable bonds is 2. The third kappa shape index (κ3) is 2.19. The number of anilines is 2. The smallest absolute Gasteiger partial charge is 0.150 e. The summed E-state index contributed by atoms with van der Waals surface area (Å²) < 4.78 is 0. The molecular weight excluding hydrogens is 190 g/mol. The van der Waals surface area contributed by atoms with E-state index in [1.165, 1.54) is 6.20 Å². The van der Waals surface area contributed by atoms with Crippen LogP contribution in [0.1, 0.15) is 11.4 Å². The van der Waals surface area contributed by atoms with Gasteiger partial charge in [-0.15, -0.1) is 0 Å². The van der Waals surface area contributed by atoms with Crippen LogP contribution in [0.25, 0.3) is 0 Å². The summed E-state index contributed by atoms with van der Waals surface area (Å²) in [6.07, 6.45) is 5.63. The number of pyridine rings is 1. The fraction of sp³-hybridized carbons (Fsp3) is 0.100. The van der Waals surface area contributed by atoms with Gasteiger partial charge in [0, 0.05) is 18.8 Å². The van der Waals surface area contributed by atoms with Crippen molar-refractivity contribution in [3.8, 4) is 0 Å². The Morgan fingerprint density at radius 1 is 1.20 bits per heavy atom. The van der Waals surface area contributed by atoms with E-state index in [1.54, 1.807) is 12.4 Å². The van der Waals surface area contributed by atoms with E-state index in [0.717, 1.165) is 5.56 Å². The number of hydrogen-bond acceptors (Lipinski definition) is 5. The molecule has 0 aliphatic rings. The Hall–Kier alpha value is -2.17. The van der Waals surface area contributed by atoms with Crippen LogP contribution in [0.2, 0.25) is 0 Å². The van der Waals surface area contributed by atoms with Crippen molar-refractivity contribution in [3.05, 3.63) is 42.1 Å². The molecule has 0 atom stereocenters. The van der Waals surface area contributed by atoms with Gasteiger partial charge in [-0.2, -0.15) is 0 Å². The van der Waals surface area contributed by atoms with E-state index in [0.29, 0.717) is 23.8 Å². The maximum atomic E-state index is 5.58. The van der Waals surface area contributed by atoms with Crippen LogP contribution in [-0.2, 0) is 6.42 Å². The maximum Gasteiger partial charge on any atom is 0.150 e. The molecule has 2 rings (SSSR count). The van der Waals surface area contributed by atoms with Crippen molar-refractivity contribution < 1.29 is 0 Å². The average molecular weight is 201 g/mol. The van der Waals surface area contributed by atoms with Crippen molar-refractivity contribution in [1.82, 2.24) is 15.0 Å². The summed E-state index contributed by atoms with van der Waals surface area (Å²) in [6, 6.07) is 3.83. The zero-order valence-corrected chi connectivity index (χ0v) is 8.09. The average Bonchev–Trinajstić information content (AvgIpc) is 2.25. The lowest BCUT2D eigenvalue weighted by Gasteiger charge is -2.02. The minimum absolute atomic E-state index is 0.323. The van der Waals surface area contributed by atoms with Crippen molar-refractivity contribution in [2.24, 2.45) is 0 Å². The molecule has 0 unspecified atom stereocenters. The molecule has 0 aromatic carbocycles. The van der Waals surface area contributed by atoms with Gasteiger partial charge in [-0.3, -0.25) is 4.98 Å². The van der Waals surface area contributed by atoms with Crippen LogP contribution in [0, 0.1) is 0 Å². The molecule has 0 amide bonds. The van der Waals surface area contributed by atoms with E-state index in [9.17, 15) is 0 Å². The van der Waals surface area contributed by atoms with Crippen LogP contribution in [-0.4, -0.2) is 15.0 Å². The minimum atomic E-state index is 0.323. The minimum Gasteiger partial charge on any atom is -0.394 e. The van der Waals surface area contributed by atoms with E-state index in [4.69, 9.17) is 11.5 Å². The van der Waals surface area contributed by atoms with Crippen molar-refractivity contribution in [3.63, 3.8) is 0 Å². The first kappa shape index (κ1) is 9.39. The van der Waals surface area contributed by atoms with Crippen LogP contribution in [0.15, 0.2) is 30.7 Å². The van der Waals surface area contributed by atoms with Crippen molar-refractivity contribution >= 4 is 11.5 Å². The molecule has 5 nitrogen and oxygen atoms in total. The molecule has 2 aromatic heterocycles. The Kier molecular flexibility index (Phi) is 2.45. The molecule has 2 heterocycles. The highest BCUT2D eigenvalue weighted by Gasteiger charge is 2.02. The molecule has 5 heteroatoms. The highest BCUT2D eigenvalue weighted by molar-refractivity contribution is 5.55. The molecular formula is C10H11N5. The molecule has 76 valence electrons. The van der Waals surface area contributed by atoms with Crippen LogP contribution >= 0.6 is 0 Å². The van der Waals surface area contributed by atoms with E-state index >= 15 is 0 Å². The summed E-state index contributed by atoms with van der Waals surface area (Å²) in [6.45, 7) is 0. The SMILES string of the molecule is Nc1cnc(Cc2cccnc2)nc1N. The Balaban J connectivity index is 2.22. The Morgan fingerprint density at radius 3 is 2.73 bits per heavy atom. The summed E-state index contributed by atoms with van der Waals surface area (Å²) in [5, 5.41) is 0. The first-order chi connectivity index (χ1) is 7.25. The molecule has 0 saturated carbocycles. The van der Waals surface area contributed by atoms with E-state index in [2.05, 4.69) is 15.0 Å². The summed E-state index contributed by atoms with van der Waals surface area (Å²) in [7, 11) is 0. The van der Waals surface area contributed by atoms with E-state index < -0.39 is 0 Å². The van der Waals surface area contributed by atoms with Gasteiger partial charge in [-0.1, -0.05) is 6.07 Å². The van der Waals surface area contributed by atoms with Crippen molar-refractivity contribution in [2.45, 2.75) is 6.42 Å². The lowest BCUT2D eigenvalue weighted by molar-refractivity contribution is 0.969. The number of aromatic nitrogens is 3. The molecule has 0 spiro atoms. The maximum absolute atomic E-state index is 5.58. The molecule has 0 bridgehead atoms. The van der Waals surface area contributed by atoms with Gasteiger partial charge < -0.3 is 11.5 Å². The van der Waals surface area contributed by atoms with Gasteiger partial charge in [0.15, 0.2) is 0 Å². The van der Waals surface area contributed by atoms with E-state index in [1.807, 2.05) is 12.1 Å². The third-order valence-electron chi connectivity index (χ3n) is 1.98. The topological polar surface area (TPSA) is 90.7 Å². The Bertz CT molecular complexity index is 455. The Labute approximate surface area is 87.2 Å². The second-order valence-electron chi connectivity index (χ2n) is 3.16. The van der Waals surface area contributed by atoms with E-state index in [-0.39, 0.29) is 0 Å². The summed E-state index contributed by atoms with van der Waals surface area (Å²) >= 11 is 0. The van der Waals surface area contributed by atoms with Gasteiger partial charge in [0.1, 0.15) is 11.6 Å². The molecule has 0 aliphatic heterocycles. The van der Waals surface area contributed by atoms with Crippen LogP contribution in [0.3, 0.4) is 0 Å². The second-order valence-corrected chi connectivity index (χ2v) is 3.16. The fourth-order valence-electron chi connectivity index (χ4n) is 1.21. The standard InChI is InChI=1S/C10H11N5/c11-8-6-14-9(15-10(8)12)4-7-2-1-3-13-5-7/h1-3,5-6H,4,11H2,(H2,12,14,15). The largest absolute Gasteiger partial charge is 0.394 e. The van der Waals surface area contributed by atoms with Crippen LogP contribution in [0.4, 0.5) is 11.5 Å². The number of nitrogens with two attached hydrogens (primary N) is 2. The summed E-state index contributed by atoms with van der Waals surface area (Å²) in [5.74, 6) is 0.971. The van der Waals surface area contributed by atoms with Gasteiger partial charge >= 0.3 is 0 Å². The summed E-state index contributed by atoms with van der Waals surface area (Å²) in [5.41, 5.74) is 12.6. The predicted molar refractivity (Wildman–Crippen MR) is 57.9 cm³/mol. The normalized spacial score (nSPS) is 10.1. The molecule has 0 radical (unpaired) electrons. The molecule has 0 fully saturated rings. The quantitative estimate of drug-likeness (QED) is 0.743. The van der Waals surface area contributed by atoms with Gasteiger partial charge in [-0.25, -0.2) is 9.97 Å². The predicted octanol–water partition coefficient (Wildman–Crippen LogP) is 0.627. The van der Waals surface area contributed by atoms with Gasteiger partial charge in [0.05, 0.1) is 11.9 Å². The zero-order chi connectivity index (χ0) is 10.7. The molecule has 4 N–H and O–H groups in total. The van der Waals surface area contributed by atoms with Crippen molar-refractivity contribution in [1.29, 1.82) is 0 Å². The Morgan fingerprint density at radius 2 is 2.07 bits per heavy atom. The molecule has 0 saturated heterocycles. The first-order valence-corrected chi connectivity index (χ1v) is 4.51. The van der Waals surface area contributed by atoms with Crippen LogP contribution in [0.5, 0.6) is 0 Å². The van der Waals surface area contributed by atoms with Crippen LogP contribution < -0.4 is 11.5 Å². The lowest BCUT2D eigenvalue weighted by Crippen LogP contribution is -2.04. The first-order valence-electron chi connectivity index (χ1n) is 4.51. The summed E-state index contributed by atoms with van der Waals surface area (Å²) in [4.78, 5) is 12.2. The zero-order valence-electron chi connectivity index (χ0n) is 8.09. The highest BCUT2D eigenvalue weighted by Crippen LogP contribution is 2.10. The van der Waals surface area contributed by atoms with Crippen molar-refractivity contribution in [2.75, 3.05) is 11.5 Å². The number of nitrogen functional groups attached to an aromatic ring is 2. The fourth-order valence-corrected chi connectivity index (χ4v) is 1.21. The molecule has 15 heavy (non-hydrogen) atoms. The van der Waals surface area contributed by atoms with Gasteiger partial charge in [0.2, 0.25) is 0 Å². The second kappa shape index (κ2) is 3.91. The van der Waals surface area contributed by atoms with Gasteiger partial charge in [-0.05, 0) is 11.6 Å². The number of hydrogen-bond donors (Lipinski definition) is 2.